The molecule has 1 fully saturated rings. The number of aromatic nitrogens is 1. The Morgan fingerprint density at radius 2 is 2.19 bits per heavy atom. The summed E-state index contributed by atoms with van der Waals surface area (Å²) in [5, 5.41) is 11.7. The van der Waals surface area contributed by atoms with Crippen molar-refractivity contribution in [3.05, 3.63) is 58.9 Å². The Bertz CT molecular complexity index is 798. The predicted octanol–water partition coefficient (Wildman–Crippen LogP) is 2.19. The SMILES string of the molecule is Cc1ccc(CNC(=O)c2ccc(C(=O)O)nc2)c(O[C@H]2CCOC2)c1. The van der Waals surface area contributed by atoms with E-state index in [1.54, 1.807) is 0 Å². The van der Waals surface area contributed by atoms with Crippen molar-refractivity contribution in [1.29, 1.82) is 0 Å². The summed E-state index contributed by atoms with van der Waals surface area (Å²) >= 11 is 0. The van der Waals surface area contributed by atoms with Crippen LogP contribution in [0.25, 0.3) is 0 Å². The summed E-state index contributed by atoms with van der Waals surface area (Å²) in [6.45, 7) is 3.54. The average Bonchev–Trinajstić information content (AvgIpc) is 3.14. The van der Waals surface area contributed by atoms with E-state index >= 15 is 0 Å². The summed E-state index contributed by atoms with van der Waals surface area (Å²) in [5.41, 5.74) is 2.14. The molecule has 7 heteroatoms. The van der Waals surface area contributed by atoms with Gasteiger partial charge in [0.1, 0.15) is 17.5 Å². The maximum Gasteiger partial charge on any atom is 0.354 e. The molecule has 3 rings (SSSR count). The van der Waals surface area contributed by atoms with Crippen LogP contribution in [0.3, 0.4) is 0 Å². The quantitative estimate of drug-likeness (QED) is 0.823. The van der Waals surface area contributed by atoms with E-state index in [4.69, 9.17) is 14.6 Å². The van der Waals surface area contributed by atoms with Gasteiger partial charge in [0.15, 0.2) is 0 Å². The van der Waals surface area contributed by atoms with Crippen LogP contribution in [0, 0.1) is 6.92 Å². The normalized spacial score (nSPS) is 16.3. The molecule has 2 heterocycles. The number of carbonyl (C=O) groups is 2. The van der Waals surface area contributed by atoms with E-state index in [1.165, 1.54) is 18.3 Å². The summed E-state index contributed by atoms with van der Waals surface area (Å²) in [7, 11) is 0. The van der Waals surface area contributed by atoms with Crippen LogP contribution in [0.15, 0.2) is 36.5 Å². The number of carboxylic acid groups (broad SMARTS) is 1. The number of carboxylic acids is 1. The lowest BCUT2D eigenvalue weighted by Crippen LogP contribution is -2.24. The second-order valence-corrected chi connectivity index (χ2v) is 6.13. The van der Waals surface area contributed by atoms with E-state index < -0.39 is 5.97 Å². The highest BCUT2D eigenvalue weighted by atomic mass is 16.5. The molecule has 1 aliphatic rings. The number of hydrogen-bond donors (Lipinski definition) is 2. The monoisotopic (exact) mass is 356 g/mol. The van der Waals surface area contributed by atoms with Crippen molar-refractivity contribution < 1.29 is 24.2 Å². The molecule has 26 heavy (non-hydrogen) atoms. The molecule has 7 nitrogen and oxygen atoms in total. The van der Waals surface area contributed by atoms with E-state index in [-0.39, 0.29) is 17.7 Å². The predicted molar refractivity (Wildman–Crippen MR) is 93.4 cm³/mol. The molecule has 1 aliphatic heterocycles. The Morgan fingerprint density at radius 3 is 2.85 bits per heavy atom. The van der Waals surface area contributed by atoms with Gasteiger partial charge in [-0.2, -0.15) is 0 Å². The summed E-state index contributed by atoms with van der Waals surface area (Å²) in [6, 6.07) is 8.57. The molecular formula is C19H20N2O5. The summed E-state index contributed by atoms with van der Waals surface area (Å²) in [4.78, 5) is 26.8. The Balaban J connectivity index is 1.66. The number of carbonyl (C=O) groups excluding carboxylic acids is 1. The molecule has 0 radical (unpaired) electrons. The second-order valence-electron chi connectivity index (χ2n) is 6.13. The number of nitrogens with zero attached hydrogens (tertiary/aromatic N) is 1. The number of nitrogens with one attached hydrogen (secondary N) is 1. The zero-order chi connectivity index (χ0) is 18.5. The van der Waals surface area contributed by atoms with Gasteiger partial charge in [0.2, 0.25) is 0 Å². The number of aryl methyl sites for hydroxylation is 1. The molecule has 0 bridgehead atoms. The fourth-order valence-electron chi connectivity index (χ4n) is 2.64. The number of hydrogen-bond acceptors (Lipinski definition) is 5. The van der Waals surface area contributed by atoms with Crippen molar-refractivity contribution in [3.63, 3.8) is 0 Å². The van der Waals surface area contributed by atoms with Crippen molar-refractivity contribution in [2.24, 2.45) is 0 Å². The van der Waals surface area contributed by atoms with Gasteiger partial charge < -0.3 is 19.9 Å². The molecule has 1 amide bonds. The van der Waals surface area contributed by atoms with Crippen LogP contribution in [0.2, 0.25) is 0 Å². The van der Waals surface area contributed by atoms with Crippen LogP contribution in [0.5, 0.6) is 5.75 Å². The Kier molecular flexibility index (Phi) is 5.48. The molecule has 1 aromatic carbocycles. The average molecular weight is 356 g/mol. The number of rotatable bonds is 6. The van der Waals surface area contributed by atoms with Gasteiger partial charge in [-0.25, -0.2) is 9.78 Å². The first-order valence-electron chi connectivity index (χ1n) is 8.34. The number of amides is 1. The maximum absolute atomic E-state index is 12.3. The minimum atomic E-state index is -1.13. The third kappa shape index (κ3) is 4.37. The molecular weight excluding hydrogens is 336 g/mol. The van der Waals surface area contributed by atoms with Gasteiger partial charge in [-0.3, -0.25) is 4.79 Å². The molecule has 0 spiro atoms. The number of pyridine rings is 1. The minimum absolute atomic E-state index is 0.0269. The van der Waals surface area contributed by atoms with Crippen molar-refractivity contribution in [3.8, 4) is 5.75 Å². The Labute approximate surface area is 151 Å². The van der Waals surface area contributed by atoms with Gasteiger partial charge in [0.25, 0.3) is 5.91 Å². The fraction of sp³-hybridized carbons (Fsp3) is 0.316. The summed E-state index contributed by atoms with van der Waals surface area (Å²) in [5.74, 6) is -0.723. The Morgan fingerprint density at radius 1 is 1.35 bits per heavy atom. The van der Waals surface area contributed by atoms with Crippen LogP contribution in [0.1, 0.15) is 38.4 Å². The van der Waals surface area contributed by atoms with Gasteiger partial charge in [-0.15, -0.1) is 0 Å². The molecule has 2 aromatic rings. The van der Waals surface area contributed by atoms with Crippen LogP contribution in [-0.4, -0.2) is 41.3 Å². The van der Waals surface area contributed by atoms with Crippen molar-refractivity contribution >= 4 is 11.9 Å². The molecule has 136 valence electrons. The third-order valence-corrected chi connectivity index (χ3v) is 4.09. The highest BCUT2D eigenvalue weighted by molar-refractivity contribution is 5.94. The Hall–Kier alpha value is -2.93. The molecule has 2 N–H and O–H groups in total. The second kappa shape index (κ2) is 7.97. The molecule has 0 aliphatic carbocycles. The van der Waals surface area contributed by atoms with E-state index in [0.717, 1.165) is 23.3 Å². The van der Waals surface area contributed by atoms with Crippen LogP contribution in [0.4, 0.5) is 0 Å². The molecule has 1 aromatic heterocycles. The third-order valence-electron chi connectivity index (χ3n) is 4.09. The minimum Gasteiger partial charge on any atom is -0.488 e. The first kappa shape index (κ1) is 17.9. The van der Waals surface area contributed by atoms with Crippen LogP contribution >= 0.6 is 0 Å². The van der Waals surface area contributed by atoms with Gasteiger partial charge in [0, 0.05) is 24.7 Å². The fourth-order valence-corrected chi connectivity index (χ4v) is 2.64. The number of aromatic carboxylic acids is 1. The molecule has 0 unspecified atom stereocenters. The number of ether oxygens (including phenoxy) is 2. The molecule has 1 atom stereocenters. The van der Waals surface area contributed by atoms with Crippen molar-refractivity contribution in [1.82, 2.24) is 10.3 Å². The van der Waals surface area contributed by atoms with Crippen molar-refractivity contribution in [2.75, 3.05) is 13.2 Å². The van der Waals surface area contributed by atoms with Crippen molar-refractivity contribution in [2.45, 2.75) is 26.0 Å². The van der Waals surface area contributed by atoms with Gasteiger partial charge >= 0.3 is 5.97 Å². The largest absolute Gasteiger partial charge is 0.488 e. The van der Waals surface area contributed by atoms with Gasteiger partial charge in [-0.05, 0) is 30.7 Å². The molecule has 0 saturated carbocycles. The van der Waals surface area contributed by atoms with E-state index in [2.05, 4.69) is 10.3 Å². The molecule has 1 saturated heterocycles. The topological polar surface area (TPSA) is 97.8 Å². The summed E-state index contributed by atoms with van der Waals surface area (Å²) in [6.07, 6.45) is 2.13. The highest BCUT2D eigenvalue weighted by Crippen LogP contribution is 2.24. The van der Waals surface area contributed by atoms with E-state index in [1.807, 2.05) is 25.1 Å². The zero-order valence-corrected chi connectivity index (χ0v) is 14.4. The lowest BCUT2D eigenvalue weighted by atomic mass is 10.1. The lowest BCUT2D eigenvalue weighted by molar-refractivity contribution is 0.0689. The van der Waals surface area contributed by atoms with E-state index in [9.17, 15) is 9.59 Å². The lowest BCUT2D eigenvalue weighted by Gasteiger charge is -2.17. The maximum atomic E-state index is 12.3. The smallest absolute Gasteiger partial charge is 0.354 e. The standard InChI is InChI=1S/C19H20N2O5/c1-12-2-3-13(17(8-12)26-15-6-7-25-11-15)9-21-18(22)14-4-5-16(19(23)24)20-10-14/h2-5,8,10,15H,6-7,9,11H2,1H3,(H,21,22)(H,23,24)/t15-/m0/s1. The number of benzene rings is 1. The highest BCUT2D eigenvalue weighted by Gasteiger charge is 2.19. The zero-order valence-electron chi connectivity index (χ0n) is 14.4. The van der Waals surface area contributed by atoms with E-state index in [0.29, 0.717) is 25.3 Å². The van der Waals surface area contributed by atoms with Crippen LogP contribution < -0.4 is 10.1 Å². The van der Waals surface area contributed by atoms with Gasteiger partial charge in [-0.1, -0.05) is 12.1 Å². The first-order chi connectivity index (χ1) is 12.5. The summed E-state index contributed by atoms with van der Waals surface area (Å²) < 4.78 is 11.4. The first-order valence-corrected chi connectivity index (χ1v) is 8.34. The van der Waals surface area contributed by atoms with Gasteiger partial charge in [0.05, 0.1) is 18.8 Å². The van der Waals surface area contributed by atoms with Crippen LogP contribution in [-0.2, 0) is 11.3 Å².